The largest absolute Gasteiger partial charge is 0.491 e. The molecule has 0 radical (unpaired) electrons. The number of ether oxygens (including phenoxy) is 2. The summed E-state index contributed by atoms with van der Waals surface area (Å²) in [4.78, 5) is 22.9. The van der Waals surface area contributed by atoms with Gasteiger partial charge in [-0.05, 0) is 43.5 Å². The van der Waals surface area contributed by atoms with Crippen LogP contribution in [0.2, 0.25) is 0 Å². The van der Waals surface area contributed by atoms with Gasteiger partial charge >= 0.3 is 5.97 Å². The van der Waals surface area contributed by atoms with E-state index in [2.05, 4.69) is 5.32 Å². The van der Waals surface area contributed by atoms with Gasteiger partial charge in [-0.2, -0.15) is 0 Å². The number of carbonyl (C=O) groups is 2. The van der Waals surface area contributed by atoms with Crippen LogP contribution >= 0.6 is 0 Å². The van der Waals surface area contributed by atoms with E-state index in [9.17, 15) is 9.59 Å². The molecule has 6 heteroatoms. The molecule has 120 valence electrons. The van der Waals surface area contributed by atoms with Gasteiger partial charge in [-0.1, -0.05) is 6.92 Å². The molecule has 0 saturated carbocycles. The van der Waals surface area contributed by atoms with Crippen molar-refractivity contribution < 1.29 is 24.2 Å². The second-order valence-corrected chi connectivity index (χ2v) is 5.24. The number of benzene rings is 1. The van der Waals surface area contributed by atoms with Crippen LogP contribution in [0.15, 0.2) is 24.3 Å². The second-order valence-electron chi connectivity index (χ2n) is 5.24. The molecule has 1 aromatic rings. The monoisotopic (exact) mass is 307 g/mol. The van der Waals surface area contributed by atoms with E-state index in [0.29, 0.717) is 24.3 Å². The molecule has 1 aromatic carbocycles. The highest BCUT2D eigenvalue weighted by molar-refractivity contribution is 5.96. The molecule has 1 fully saturated rings. The Morgan fingerprint density at radius 1 is 1.41 bits per heavy atom. The van der Waals surface area contributed by atoms with E-state index in [4.69, 9.17) is 14.6 Å². The number of hydrogen-bond donors (Lipinski definition) is 2. The quantitative estimate of drug-likeness (QED) is 0.803. The fourth-order valence-electron chi connectivity index (χ4n) is 2.25. The number of aliphatic carboxylic acids is 1. The minimum absolute atomic E-state index is 0.142. The topological polar surface area (TPSA) is 84.9 Å². The number of carboxylic acids is 1. The summed E-state index contributed by atoms with van der Waals surface area (Å²) in [6.45, 7) is 3.00. The highest BCUT2D eigenvalue weighted by Gasteiger charge is 2.19. The van der Waals surface area contributed by atoms with Gasteiger partial charge in [-0.15, -0.1) is 0 Å². The summed E-state index contributed by atoms with van der Waals surface area (Å²) < 4.78 is 11.1. The standard InChI is InChI=1S/C16H21NO5/c1-2-14(16(19)20)17-15(18)11-5-7-12(8-6-11)22-10-13-4-3-9-21-13/h5-8,13-14H,2-4,9-10H2,1H3,(H,17,18)(H,19,20)/t13-,14+/m1/s1. The number of carboxylic acid groups (broad SMARTS) is 1. The average molecular weight is 307 g/mol. The molecule has 1 aliphatic rings. The summed E-state index contributed by atoms with van der Waals surface area (Å²) in [5, 5.41) is 11.4. The van der Waals surface area contributed by atoms with Crippen molar-refractivity contribution in [1.29, 1.82) is 0 Å². The summed E-state index contributed by atoms with van der Waals surface area (Å²) in [6.07, 6.45) is 2.55. The zero-order valence-electron chi connectivity index (χ0n) is 12.6. The lowest BCUT2D eigenvalue weighted by molar-refractivity contribution is -0.139. The highest BCUT2D eigenvalue weighted by atomic mass is 16.5. The molecule has 1 aliphatic heterocycles. The fraction of sp³-hybridized carbons (Fsp3) is 0.500. The van der Waals surface area contributed by atoms with E-state index in [1.165, 1.54) is 0 Å². The summed E-state index contributed by atoms with van der Waals surface area (Å²) in [5.41, 5.74) is 0.407. The molecule has 0 aromatic heterocycles. The van der Waals surface area contributed by atoms with Crippen LogP contribution in [0.1, 0.15) is 36.5 Å². The van der Waals surface area contributed by atoms with Crippen molar-refractivity contribution in [2.24, 2.45) is 0 Å². The van der Waals surface area contributed by atoms with E-state index < -0.39 is 17.9 Å². The molecule has 2 atom stereocenters. The van der Waals surface area contributed by atoms with E-state index in [-0.39, 0.29) is 6.10 Å². The SMILES string of the molecule is CC[C@H](NC(=O)c1ccc(OC[C@H]2CCCO2)cc1)C(=O)O. The lowest BCUT2D eigenvalue weighted by atomic mass is 10.1. The van der Waals surface area contributed by atoms with Crippen LogP contribution in [0, 0.1) is 0 Å². The van der Waals surface area contributed by atoms with Crippen molar-refractivity contribution in [3.8, 4) is 5.75 Å². The van der Waals surface area contributed by atoms with Crippen molar-refractivity contribution >= 4 is 11.9 Å². The maximum absolute atomic E-state index is 12.0. The number of nitrogens with one attached hydrogen (secondary N) is 1. The molecule has 0 unspecified atom stereocenters. The Morgan fingerprint density at radius 2 is 2.14 bits per heavy atom. The number of carbonyl (C=O) groups excluding carboxylic acids is 1. The molecule has 6 nitrogen and oxygen atoms in total. The van der Waals surface area contributed by atoms with Crippen LogP contribution < -0.4 is 10.1 Å². The van der Waals surface area contributed by atoms with Gasteiger partial charge in [0.05, 0.1) is 6.10 Å². The van der Waals surface area contributed by atoms with Gasteiger partial charge in [0.2, 0.25) is 0 Å². The first-order valence-corrected chi connectivity index (χ1v) is 7.48. The summed E-state index contributed by atoms with van der Waals surface area (Å²) in [7, 11) is 0. The van der Waals surface area contributed by atoms with Crippen molar-refractivity contribution in [1.82, 2.24) is 5.32 Å². The Labute approximate surface area is 129 Å². The molecular formula is C16H21NO5. The Morgan fingerprint density at radius 3 is 2.68 bits per heavy atom. The summed E-state index contributed by atoms with van der Waals surface area (Å²) in [5.74, 6) is -0.774. The van der Waals surface area contributed by atoms with Gasteiger partial charge in [0.1, 0.15) is 18.4 Å². The van der Waals surface area contributed by atoms with Gasteiger partial charge < -0.3 is 19.9 Å². The predicted octanol–water partition coefficient (Wildman–Crippen LogP) is 1.84. The van der Waals surface area contributed by atoms with Gasteiger partial charge in [-0.25, -0.2) is 4.79 Å². The number of hydrogen-bond acceptors (Lipinski definition) is 4. The van der Waals surface area contributed by atoms with E-state index >= 15 is 0 Å². The molecule has 2 N–H and O–H groups in total. The van der Waals surface area contributed by atoms with Crippen molar-refractivity contribution in [2.45, 2.75) is 38.3 Å². The first-order chi connectivity index (χ1) is 10.6. The van der Waals surface area contributed by atoms with Gasteiger partial charge in [0.15, 0.2) is 0 Å². The van der Waals surface area contributed by atoms with Gasteiger partial charge in [-0.3, -0.25) is 4.79 Å². The van der Waals surface area contributed by atoms with Crippen molar-refractivity contribution in [2.75, 3.05) is 13.2 Å². The third-order valence-corrected chi connectivity index (χ3v) is 3.59. The van der Waals surface area contributed by atoms with Gasteiger partial charge in [0, 0.05) is 12.2 Å². The molecule has 2 rings (SSSR count). The lowest BCUT2D eigenvalue weighted by Gasteiger charge is -2.13. The molecule has 1 amide bonds. The molecule has 1 saturated heterocycles. The average Bonchev–Trinajstić information content (AvgIpc) is 3.04. The molecular weight excluding hydrogens is 286 g/mol. The van der Waals surface area contributed by atoms with E-state index in [1.54, 1.807) is 31.2 Å². The zero-order valence-corrected chi connectivity index (χ0v) is 12.6. The van der Waals surface area contributed by atoms with E-state index in [0.717, 1.165) is 19.4 Å². The number of amides is 1. The third kappa shape index (κ3) is 4.46. The molecule has 1 heterocycles. The van der Waals surface area contributed by atoms with Gasteiger partial charge in [0.25, 0.3) is 5.91 Å². The van der Waals surface area contributed by atoms with Crippen LogP contribution in [0.5, 0.6) is 5.75 Å². The smallest absolute Gasteiger partial charge is 0.326 e. The molecule has 0 aliphatic carbocycles. The van der Waals surface area contributed by atoms with Crippen LogP contribution in [0.4, 0.5) is 0 Å². The zero-order chi connectivity index (χ0) is 15.9. The van der Waals surface area contributed by atoms with E-state index in [1.807, 2.05) is 0 Å². The second kappa shape index (κ2) is 7.79. The summed E-state index contributed by atoms with van der Waals surface area (Å²) >= 11 is 0. The minimum Gasteiger partial charge on any atom is -0.491 e. The van der Waals surface area contributed by atoms with Crippen LogP contribution in [0.3, 0.4) is 0 Å². The molecule has 22 heavy (non-hydrogen) atoms. The fourth-order valence-corrected chi connectivity index (χ4v) is 2.25. The Hall–Kier alpha value is -2.08. The van der Waals surface area contributed by atoms with Crippen LogP contribution in [0.25, 0.3) is 0 Å². The van der Waals surface area contributed by atoms with Crippen molar-refractivity contribution in [3.63, 3.8) is 0 Å². The highest BCUT2D eigenvalue weighted by Crippen LogP contribution is 2.16. The predicted molar refractivity (Wildman–Crippen MR) is 80.1 cm³/mol. The Kier molecular flexibility index (Phi) is 5.77. The lowest BCUT2D eigenvalue weighted by Crippen LogP contribution is -2.40. The van der Waals surface area contributed by atoms with Crippen LogP contribution in [-0.4, -0.2) is 42.3 Å². The first-order valence-electron chi connectivity index (χ1n) is 7.48. The maximum atomic E-state index is 12.0. The third-order valence-electron chi connectivity index (χ3n) is 3.59. The first kappa shape index (κ1) is 16.3. The maximum Gasteiger partial charge on any atom is 0.326 e. The Balaban J connectivity index is 1.87. The minimum atomic E-state index is -1.03. The van der Waals surface area contributed by atoms with Crippen LogP contribution in [-0.2, 0) is 9.53 Å². The van der Waals surface area contributed by atoms with Crippen molar-refractivity contribution in [3.05, 3.63) is 29.8 Å². The Bertz CT molecular complexity index is 508. The molecule has 0 bridgehead atoms. The normalized spacial score (nSPS) is 18.7. The number of rotatable bonds is 7. The molecule has 0 spiro atoms. The summed E-state index contributed by atoms with van der Waals surface area (Å²) in [6, 6.07) is 5.77.